The topological polar surface area (TPSA) is 127 Å². The van der Waals surface area contributed by atoms with Crippen LogP contribution >= 0.6 is 11.3 Å². The number of amides is 1. The van der Waals surface area contributed by atoms with Crippen LogP contribution in [0.3, 0.4) is 0 Å². The van der Waals surface area contributed by atoms with E-state index >= 15 is 0 Å². The third-order valence-corrected chi connectivity index (χ3v) is 10.8. The predicted octanol–water partition coefficient (Wildman–Crippen LogP) is 6.47. The van der Waals surface area contributed by atoms with Gasteiger partial charge < -0.3 is 19.3 Å². The number of hydrogen-bond acceptors (Lipinski definition) is 9. The first-order valence-corrected chi connectivity index (χ1v) is 17.3. The highest BCUT2D eigenvalue weighted by Crippen LogP contribution is 2.40. The van der Waals surface area contributed by atoms with Crippen LogP contribution in [0.15, 0.2) is 52.9 Å². The zero-order valence-electron chi connectivity index (χ0n) is 28.1. The van der Waals surface area contributed by atoms with Gasteiger partial charge in [0.25, 0.3) is 0 Å². The molecule has 250 valence electrons. The van der Waals surface area contributed by atoms with Crippen LogP contribution in [0.5, 0.6) is 0 Å². The monoisotopic (exact) mass is 674 g/mol. The molecule has 1 N–H and O–H groups in total. The molecule has 0 atom stereocenters. The Morgan fingerprint density at radius 3 is 2.33 bits per heavy atom. The number of aliphatic carboxylic acids is 1. The molecule has 3 aromatic carbocycles. The van der Waals surface area contributed by atoms with E-state index in [9.17, 15) is 20.0 Å². The third kappa shape index (κ3) is 6.35. The number of carbonyl (C=O) groups excluding carboxylic acids is 1. The molecule has 1 saturated heterocycles. The number of nitriles is 1. The molecular formula is C38H38N6O4S. The molecule has 2 aromatic heterocycles. The molecule has 1 amide bonds. The van der Waals surface area contributed by atoms with Crippen LogP contribution in [-0.4, -0.2) is 75.4 Å². The molecule has 0 saturated carbocycles. The summed E-state index contributed by atoms with van der Waals surface area (Å²) in [7, 11) is 3.81. The summed E-state index contributed by atoms with van der Waals surface area (Å²) >= 11 is 1.66. The maximum Gasteiger partial charge on any atom is 0.306 e. The number of fused-ring (bicyclic) bond motifs is 2. The van der Waals surface area contributed by atoms with Gasteiger partial charge in [0.05, 0.1) is 36.8 Å². The van der Waals surface area contributed by atoms with E-state index in [0.29, 0.717) is 74.7 Å². The molecule has 0 unspecified atom stereocenters. The van der Waals surface area contributed by atoms with Gasteiger partial charge in [-0.1, -0.05) is 30.3 Å². The molecule has 4 heterocycles. The molecule has 5 aromatic rings. The Kier molecular flexibility index (Phi) is 8.79. The van der Waals surface area contributed by atoms with Gasteiger partial charge in [0.2, 0.25) is 11.8 Å². The molecule has 49 heavy (non-hydrogen) atoms. The van der Waals surface area contributed by atoms with Crippen LogP contribution in [0.25, 0.3) is 44.3 Å². The lowest BCUT2D eigenvalue weighted by molar-refractivity contribution is -0.143. The highest BCUT2D eigenvalue weighted by Gasteiger charge is 2.29. The van der Waals surface area contributed by atoms with Crippen molar-refractivity contribution < 1.29 is 19.1 Å². The Morgan fingerprint density at radius 2 is 1.67 bits per heavy atom. The molecule has 10 nitrogen and oxygen atoms in total. The van der Waals surface area contributed by atoms with Gasteiger partial charge in [0.15, 0.2) is 5.58 Å². The maximum absolute atomic E-state index is 12.6. The lowest BCUT2D eigenvalue weighted by Crippen LogP contribution is -2.35. The Morgan fingerprint density at radius 1 is 1.00 bits per heavy atom. The molecule has 0 bridgehead atoms. The Labute approximate surface area is 289 Å². The van der Waals surface area contributed by atoms with Crippen molar-refractivity contribution in [3.05, 3.63) is 81.4 Å². The van der Waals surface area contributed by atoms with Gasteiger partial charge in [0, 0.05) is 22.5 Å². The van der Waals surface area contributed by atoms with Crippen molar-refractivity contribution in [1.29, 1.82) is 5.26 Å². The van der Waals surface area contributed by atoms with Crippen LogP contribution in [0.2, 0.25) is 0 Å². The van der Waals surface area contributed by atoms with Gasteiger partial charge in [-0.25, -0.2) is 9.97 Å². The number of carbonyl (C=O) groups is 2. The number of thiazole rings is 1. The first kappa shape index (κ1) is 32.6. The molecule has 0 radical (unpaired) electrons. The lowest BCUT2D eigenvalue weighted by atomic mass is 9.91. The van der Waals surface area contributed by atoms with Gasteiger partial charge in [-0.05, 0) is 99.9 Å². The fourth-order valence-electron chi connectivity index (χ4n) is 7.00. The largest absolute Gasteiger partial charge is 0.481 e. The maximum atomic E-state index is 12.6. The molecule has 2 aliphatic rings. The van der Waals surface area contributed by atoms with Crippen molar-refractivity contribution in [2.45, 2.75) is 46.3 Å². The Bertz CT molecular complexity index is 2110. The highest BCUT2D eigenvalue weighted by molar-refractivity contribution is 7.15. The summed E-state index contributed by atoms with van der Waals surface area (Å²) in [5, 5.41) is 20.3. The molecular weight excluding hydrogens is 637 g/mol. The lowest BCUT2D eigenvalue weighted by Gasteiger charge is -2.30. The summed E-state index contributed by atoms with van der Waals surface area (Å²) in [6.07, 6.45) is 1.25. The number of likely N-dealkylation sites (tertiary alicyclic amines) is 1. The second-order valence-electron chi connectivity index (χ2n) is 13.3. The standard InChI is InChI=1S/C38H38N6O4S/c1-22-27(28-8-6-10-30(23(28)2)37-41-32-19-44(20-33(32)49-37)34(45)21-42(3)4)7-5-9-29(22)36-40-31-16-24(15-26(17-39)35(31)48-36)18-43-13-11-25(12-14-43)38(46)47/h5-10,15-16,25H,11-14,18-21H2,1-4H3,(H,46,47). The van der Waals surface area contributed by atoms with E-state index in [1.165, 1.54) is 0 Å². The van der Waals surface area contributed by atoms with E-state index in [4.69, 9.17) is 14.4 Å². The van der Waals surface area contributed by atoms with Crippen molar-refractivity contribution in [3.63, 3.8) is 0 Å². The Hall–Kier alpha value is -4.89. The number of oxazole rings is 1. The molecule has 0 spiro atoms. The van der Waals surface area contributed by atoms with E-state index in [1.807, 2.05) is 48.2 Å². The zero-order valence-corrected chi connectivity index (χ0v) is 28.9. The van der Waals surface area contributed by atoms with Gasteiger partial charge in [-0.15, -0.1) is 11.3 Å². The summed E-state index contributed by atoms with van der Waals surface area (Å²) in [6.45, 7) is 7.76. The second kappa shape index (κ2) is 13.2. The van der Waals surface area contributed by atoms with Gasteiger partial charge in [-0.2, -0.15) is 5.26 Å². The first-order chi connectivity index (χ1) is 23.6. The summed E-state index contributed by atoms with van der Waals surface area (Å²) in [5.74, 6) is -0.440. The summed E-state index contributed by atoms with van der Waals surface area (Å²) in [6, 6.07) is 18.5. The summed E-state index contributed by atoms with van der Waals surface area (Å²) < 4.78 is 6.29. The molecule has 2 aliphatic heterocycles. The van der Waals surface area contributed by atoms with Gasteiger partial charge >= 0.3 is 5.97 Å². The highest BCUT2D eigenvalue weighted by atomic mass is 32.1. The molecule has 1 fully saturated rings. The third-order valence-electron chi connectivity index (χ3n) is 9.69. The number of carboxylic acids is 1. The number of piperidine rings is 1. The SMILES string of the molecule is Cc1c(-c2nc3cc(CN4CCC(C(=O)O)CC4)cc(C#N)c3o2)cccc1-c1cccc(-c2nc3c(s2)CN(C(=O)CN(C)C)C3)c1C. The van der Waals surface area contributed by atoms with Crippen molar-refractivity contribution in [3.8, 4) is 39.2 Å². The summed E-state index contributed by atoms with van der Waals surface area (Å²) in [4.78, 5) is 41.0. The number of hydrogen-bond donors (Lipinski definition) is 1. The number of benzene rings is 3. The van der Waals surface area contributed by atoms with Crippen molar-refractivity contribution in [2.75, 3.05) is 33.7 Å². The van der Waals surface area contributed by atoms with E-state index in [0.717, 1.165) is 54.5 Å². The Balaban J connectivity index is 1.15. The number of likely N-dealkylation sites (N-methyl/N-ethyl adjacent to an activating group) is 1. The summed E-state index contributed by atoms with van der Waals surface area (Å²) in [5.41, 5.74) is 9.70. The average molecular weight is 675 g/mol. The molecule has 11 heteroatoms. The van der Waals surface area contributed by atoms with Gasteiger partial charge in [-0.3, -0.25) is 14.5 Å². The van der Waals surface area contributed by atoms with E-state index in [2.05, 4.69) is 49.1 Å². The minimum atomic E-state index is -0.727. The van der Waals surface area contributed by atoms with E-state index in [-0.39, 0.29) is 11.8 Å². The number of aromatic nitrogens is 2. The van der Waals surface area contributed by atoms with Crippen LogP contribution in [0.4, 0.5) is 0 Å². The van der Waals surface area contributed by atoms with Gasteiger partial charge in [0.1, 0.15) is 16.6 Å². The van der Waals surface area contributed by atoms with Crippen LogP contribution in [0, 0.1) is 31.1 Å². The van der Waals surface area contributed by atoms with Crippen LogP contribution in [0.1, 0.15) is 45.7 Å². The minimum absolute atomic E-state index is 0.114. The van der Waals surface area contributed by atoms with Crippen molar-refractivity contribution >= 4 is 34.3 Å². The number of rotatable bonds is 8. The number of carboxylic acid groups (broad SMARTS) is 1. The first-order valence-electron chi connectivity index (χ1n) is 16.5. The van der Waals surface area contributed by atoms with Crippen molar-refractivity contribution in [1.82, 2.24) is 24.7 Å². The van der Waals surface area contributed by atoms with Crippen LogP contribution < -0.4 is 0 Å². The minimum Gasteiger partial charge on any atom is -0.481 e. The van der Waals surface area contributed by atoms with E-state index < -0.39 is 5.97 Å². The average Bonchev–Trinajstić information content (AvgIpc) is 3.79. The second-order valence-corrected chi connectivity index (χ2v) is 14.4. The fourth-order valence-corrected chi connectivity index (χ4v) is 8.17. The van der Waals surface area contributed by atoms with E-state index in [1.54, 1.807) is 11.3 Å². The predicted molar refractivity (Wildman–Crippen MR) is 189 cm³/mol. The van der Waals surface area contributed by atoms with Crippen molar-refractivity contribution in [2.24, 2.45) is 5.92 Å². The van der Waals surface area contributed by atoms with Crippen LogP contribution in [-0.2, 0) is 29.2 Å². The zero-order chi connectivity index (χ0) is 34.4. The fraction of sp³-hybridized carbons (Fsp3) is 0.342. The normalized spacial score (nSPS) is 15.2. The molecule has 0 aliphatic carbocycles. The quantitative estimate of drug-likeness (QED) is 0.197. The smallest absolute Gasteiger partial charge is 0.306 e. The molecule has 7 rings (SSSR count). The number of nitrogens with zero attached hydrogens (tertiary/aromatic N) is 6.